The van der Waals surface area contributed by atoms with E-state index in [1.807, 2.05) is 18.2 Å². The van der Waals surface area contributed by atoms with Crippen LogP contribution in [0.15, 0.2) is 48.7 Å². The van der Waals surface area contributed by atoms with Crippen LogP contribution in [-0.4, -0.2) is 71.5 Å². The number of imidazole rings is 1. The summed E-state index contributed by atoms with van der Waals surface area (Å²) in [6, 6.07) is 8.97. The molecule has 0 spiro atoms. The van der Waals surface area contributed by atoms with Gasteiger partial charge in [0.1, 0.15) is 23.3 Å². The smallest absolute Gasteiger partial charge is 0.130 e. The highest BCUT2D eigenvalue weighted by atomic mass is 19.1. The van der Waals surface area contributed by atoms with Crippen LogP contribution in [0.2, 0.25) is 0 Å². The highest BCUT2D eigenvalue weighted by Crippen LogP contribution is 2.34. The monoisotopic (exact) mass is 535 g/mol. The first-order valence-corrected chi connectivity index (χ1v) is 13.4. The number of halogens is 2. The number of benzene rings is 2. The number of H-pyrrole nitrogens is 1. The lowest BCUT2D eigenvalue weighted by Gasteiger charge is -2.26. The molecule has 0 radical (unpaired) electrons. The third-order valence-electron chi connectivity index (χ3n) is 7.31. The SMILES string of the molecule is N=C(/C=C\c1ncc(-c2ccc(N)c(NCCCN3CCOCC3)c2)[nH]1)N1CCCC1c1cc(F)ccc1F. The summed E-state index contributed by atoms with van der Waals surface area (Å²) < 4.78 is 33.5. The van der Waals surface area contributed by atoms with Crippen LogP contribution < -0.4 is 11.1 Å². The summed E-state index contributed by atoms with van der Waals surface area (Å²) >= 11 is 0. The molecule has 2 aliphatic rings. The maximum atomic E-state index is 14.4. The predicted molar refractivity (Wildman–Crippen MR) is 151 cm³/mol. The number of hydrogen-bond donors (Lipinski definition) is 4. The van der Waals surface area contributed by atoms with Gasteiger partial charge in [0.15, 0.2) is 0 Å². The lowest BCUT2D eigenvalue weighted by atomic mass is 10.0. The molecule has 8 nitrogen and oxygen atoms in total. The second-order valence-corrected chi connectivity index (χ2v) is 9.95. The number of nitrogens with two attached hydrogens (primary N) is 1. The van der Waals surface area contributed by atoms with Gasteiger partial charge < -0.3 is 25.7 Å². The molecule has 0 saturated carbocycles. The van der Waals surface area contributed by atoms with Gasteiger partial charge in [-0.15, -0.1) is 0 Å². The zero-order valence-electron chi connectivity index (χ0n) is 21.9. The molecule has 10 heteroatoms. The molecule has 0 amide bonds. The van der Waals surface area contributed by atoms with E-state index in [9.17, 15) is 8.78 Å². The van der Waals surface area contributed by atoms with Crippen molar-refractivity contribution in [3.8, 4) is 11.3 Å². The number of nitrogens with one attached hydrogen (secondary N) is 3. The Morgan fingerprint density at radius 1 is 1.18 bits per heavy atom. The van der Waals surface area contributed by atoms with Crippen LogP contribution in [0.3, 0.4) is 0 Å². The molecule has 1 aromatic heterocycles. The fraction of sp³-hybridized carbons (Fsp3) is 0.379. The van der Waals surface area contributed by atoms with Crippen molar-refractivity contribution in [3.05, 3.63) is 71.7 Å². The Bertz CT molecular complexity index is 1320. The van der Waals surface area contributed by atoms with Gasteiger partial charge in [-0.2, -0.15) is 0 Å². The van der Waals surface area contributed by atoms with Crippen LogP contribution in [-0.2, 0) is 4.74 Å². The van der Waals surface area contributed by atoms with Crippen LogP contribution in [0.5, 0.6) is 0 Å². The number of rotatable bonds is 9. The quantitative estimate of drug-likeness (QED) is 0.134. The minimum absolute atomic E-state index is 0.232. The molecule has 2 aliphatic heterocycles. The number of ether oxygens (including phenoxy) is 1. The van der Waals surface area contributed by atoms with Crippen molar-refractivity contribution < 1.29 is 13.5 Å². The highest BCUT2D eigenvalue weighted by Gasteiger charge is 2.29. The van der Waals surface area contributed by atoms with Crippen LogP contribution in [0.25, 0.3) is 17.3 Å². The Morgan fingerprint density at radius 2 is 2.03 bits per heavy atom. The number of aromatic amines is 1. The van der Waals surface area contributed by atoms with Crippen molar-refractivity contribution in [2.75, 3.05) is 57.0 Å². The molecule has 0 bridgehead atoms. The van der Waals surface area contributed by atoms with E-state index in [0.29, 0.717) is 30.0 Å². The van der Waals surface area contributed by atoms with Crippen LogP contribution in [0.1, 0.15) is 36.7 Å². The number of aromatic nitrogens is 2. The van der Waals surface area contributed by atoms with Crippen molar-refractivity contribution >= 4 is 23.3 Å². The number of hydrogen-bond acceptors (Lipinski definition) is 6. The average molecular weight is 536 g/mol. The summed E-state index contributed by atoms with van der Waals surface area (Å²) in [6.07, 6.45) is 7.61. The number of nitrogens with zero attached hydrogens (tertiary/aromatic N) is 3. The van der Waals surface area contributed by atoms with E-state index in [1.165, 1.54) is 6.07 Å². The normalized spacial score (nSPS) is 18.2. The number of morpholine rings is 1. The summed E-state index contributed by atoms with van der Waals surface area (Å²) in [7, 11) is 0. The Kier molecular flexibility index (Phi) is 8.53. The minimum Gasteiger partial charge on any atom is -0.397 e. The van der Waals surface area contributed by atoms with Crippen molar-refractivity contribution in [1.82, 2.24) is 19.8 Å². The molecule has 206 valence electrons. The Balaban J connectivity index is 1.19. The van der Waals surface area contributed by atoms with E-state index in [4.69, 9.17) is 15.9 Å². The molecular weight excluding hydrogens is 500 g/mol. The Labute approximate surface area is 227 Å². The summed E-state index contributed by atoms with van der Waals surface area (Å²) in [5.74, 6) is -0.0953. The number of anilines is 2. The number of likely N-dealkylation sites (tertiary alicyclic amines) is 1. The van der Waals surface area contributed by atoms with Gasteiger partial charge in [0.2, 0.25) is 0 Å². The Morgan fingerprint density at radius 3 is 2.87 bits per heavy atom. The van der Waals surface area contributed by atoms with Crippen molar-refractivity contribution in [1.29, 1.82) is 5.41 Å². The predicted octanol–water partition coefficient (Wildman–Crippen LogP) is 4.90. The van der Waals surface area contributed by atoms with Crippen LogP contribution in [0, 0.1) is 17.0 Å². The summed E-state index contributed by atoms with van der Waals surface area (Å²) in [6.45, 7) is 6.03. The first-order valence-electron chi connectivity index (χ1n) is 13.4. The topological polar surface area (TPSA) is 106 Å². The van der Waals surface area contributed by atoms with Gasteiger partial charge in [0.05, 0.1) is 42.5 Å². The molecule has 5 N–H and O–H groups in total. The molecule has 2 fully saturated rings. The van der Waals surface area contributed by atoms with Crippen molar-refractivity contribution in [3.63, 3.8) is 0 Å². The third kappa shape index (κ3) is 6.63. The lowest BCUT2D eigenvalue weighted by Crippen LogP contribution is -2.37. The summed E-state index contributed by atoms with van der Waals surface area (Å²) in [5.41, 5.74) is 9.85. The Hall–Kier alpha value is -3.76. The van der Waals surface area contributed by atoms with E-state index in [2.05, 4.69) is 20.2 Å². The average Bonchev–Trinajstić information content (AvgIpc) is 3.63. The minimum atomic E-state index is -0.475. The highest BCUT2D eigenvalue weighted by molar-refractivity contribution is 5.94. The molecule has 39 heavy (non-hydrogen) atoms. The first kappa shape index (κ1) is 26.8. The van der Waals surface area contributed by atoms with Crippen LogP contribution in [0.4, 0.5) is 20.2 Å². The zero-order chi connectivity index (χ0) is 27.2. The van der Waals surface area contributed by atoms with E-state index in [0.717, 1.165) is 81.3 Å². The summed E-state index contributed by atoms with van der Waals surface area (Å²) in [4.78, 5) is 11.9. The van der Waals surface area contributed by atoms with Gasteiger partial charge in [-0.25, -0.2) is 13.8 Å². The first-order chi connectivity index (χ1) is 19.0. The largest absolute Gasteiger partial charge is 0.397 e. The second-order valence-electron chi connectivity index (χ2n) is 9.95. The fourth-order valence-electron chi connectivity index (χ4n) is 5.20. The van der Waals surface area contributed by atoms with E-state index in [1.54, 1.807) is 23.2 Å². The van der Waals surface area contributed by atoms with E-state index >= 15 is 0 Å². The van der Waals surface area contributed by atoms with Crippen molar-refractivity contribution in [2.24, 2.45) is 0 Å². The molecule has 2 aromatic carbocycles. The molecule has 3 aromatic rings. The van der Waals surface area contributed by atoms with E-state index in [-0.39, 0.29) is 11.9 Å². The molecule has 0 aliphatic carbocycles. The van der Waals surface area contributed by atoms with Gasteiger partial charge in [-0.3, -0.25) is 10.3 Å². The van der Waals surface area contributed by atoms with Gasteiger partial charge >= 0.3 is 0 Å². The molecule has 2 saturated heterocycles. The van der Waals surface area contributed by atoms with Crippen molar-refractivity contribution in [2.45, 2.75) is 25.3 Å². The lowest BCUT2D eigenvalue weighted by molar-refractivity contribution is 0.0378. The molecular formula is C29H35F2N7O. The van der Waals surface area contributed by atoms with Crippen LogP contribution >= 0.6 is 0 Å². The molecule has 3 heterocycles. The second kappa shape index (κ2) is 12.4. The number of nitrogen functional groups attached to an aromatic ring is 1. The van der Waals surface area contributed by atoms with E-state index < -0.39 is 11.6 Å². The van der Waals surface area contributed by atoms with Gasteiger partial charge in [-0.05, 0) is 68.3 Å². The third-order valence-corrected chi connectivity index (χ3v) is 7.31. The fourth-order valence-corrected chi connectivity index (χ4v) is 5.20. The van der Waals surface area contributed by atoms with Gasteiger partial charge in [0, 0.05) is 37.3 Å². The van der Waals surface area contributed by atoms with Gasteiger partial charge in [-0.1, -0.05) is 6.07 Å². The maximum absolute atomic E-state index is 14.4. The number of amidine groups is 1. The zero-order valence-corrected chi connectivity index (χ0v) is 21.9. The molecule has 1 unspecified atom stereocenters. The molecule has 1 atom stereocenters. The molecule has 5 rings (SSSR count). The maximum Gasteiger partial charge on any atom is 0.130 e. The van der Waals surface area contributed by atoms with Gasteiger partial charge in [0.25, 0.3) is 0 Å². The summed E-state index contributed by atoms with van der Waals surface area (Å²) in [5, 5.41) is 12.0. The standard InChI is InChI=1S/C29H35F2N7O/c30-21-5-6-23(31)22(18-21)27-3-1-12-38(27)28(33)8-9-29-35-19-26(36-29)20-4-7-24(32)25(17-20)34-10-2-11-37-13-15-39-16-14-37/h4-9,17-19,27,33-34H,1-3,10-16,32H2,(H,35,36)/b9-8-,33-28?.